The number of hydrogen-bond acceptors (Lipinski definition) is 3. The van der Waals surface area contributed by atoms with E-state index in [-0.39, 0.29) is 12.3 Å². The van der Waals surface area contributed by atoms with E-state index in [9.17, 15) is 13.2 Å². The van der Waals surface area contributed by atoms with Crippen LogP contribution in [0.4, 0.5) is 0 Å². The van der Waals surface area contributed by atoms with Crippen molar-refractivity contribution < 1.29 is 18.3 Å². The fourth-order valence-corrected chi connectivity index (χ4v) is 2.39. The monoisotopic (exact) mass is 266 g/mol. The molecule has 1 unspecified atom stereocenters. The Morgan fingerprint density at radius 1 is 1.24 bits per heavy atom. The van der Waals surface area contributed by atoms with Crippen LogP contribution < -0.4 is 9.44 Å². The third kappa shape index (κ3) is 9.08. The maximum absolute atomic E-state index is 11.3. The smallest absolute Gasteiger partial charge is 0.303 e. The van der Waals surface area contributed by atoms with Gasteiger partial charge in [0.05, 0.1) is 0 Å². The second kappa shape index (κ2) is 8.43. The first kappa shape index (κ1) is 16.3. The van der Waals surface area contributed by atoms with Gasteiger partial charge in [-0.05, 0) is 18.8 Å². The van der Waals surface area contributed by atoms with Gasteiger partial charge in [-0.15, -0.1) is 0 Å². The van der Waals surface area contributed by atoms with E-state index in [2.05, 4.69) is 9.44 Å². The van der Waals surface area contributed by atoms with Gasteiger partial charge in [-0.25, -0.2) is 9.44 Å². The number of carboxylic acid groups (broad SMARTS) is 1. The Labute approximate surface area is 103 Å². The number of aliphatic carboxylic acids is 1. The van der Waals surface area contributed by atoms with Crippen LogP contribution in [0.25, 0.3) is 0 Å². The van der Waals surface area contributed by atoms with Crippen LogP contribution in [0.2, 0.25) is 0 Å². The Morgan fingerprint density at radius 2 is 1.88 bits per heavy atom. The highest BCUT2D eigenvalue weighted by molar-refractivity contribution is 7.87. The third-order valence-corrected chi connectivity index (χ3v) is 3.78. The Balaban J connectivity index is 3.87. The average Bonchev–Trinajstić information content (AvgIpc) is 2.22. The molecule has 7 heteroatoms. The molecule has 0 saturated carbocycles. The molecular formula is C10H22N2O4S. The molecule has 0 fully saturated rings. The summed E-state index contributed by atoms with van der Waals surface area (Å²) in [5.74, 6) is -0.563. The van der Waals surface area contributed by atoms with Crippen LogP contribution >= 0.6 is 0 Å². The number of carboxylic acids is 1. The van der Waals surface area contributed by atoms with E-state index in [0.717, 1.165) is 6.42 Å². The molecule has 0 spiro atoms. The van der Waals surface area contributed by atoms with Crippen molar-refractivity contribution in [3.05, 3.63) is 0 Å². The van der Waals surface area contributed by atoms with Crippen molar-refractivity contribution in [3.63, 3.8) is 0 Å². The molecule has 0 rings (SSSR count). The lowest BCUT2D eigenvalue weighted by atomic mass is 9.97. The van der Waals surface area contributed by atoms with E-state index in [1.807, 2.05) is 6.92 Å². The largest absolute Gasteiger partial charge is 0.481 e. The highest BCUT2D eigenvalue weighted by Crippen LogP contribution is 2.14. The molecule has 0 bridgehead atoms. The predicted molar refractivity (Wildman–Crippen MR) is 65.9 cm³/mol. The van der Waals surface area contributed by atoms with Gasteiger partial charge in [0.2, 0.25) is 0 Å². The van der Waals surface area contributed by atoms with Crippen molar-refractivity contribution in [2.24, 2.45) is 5.92 Å². The van der Waals surface area contributed by atoms with Crippen LogP contribution in [0.1, 0.15) is 39.5 Å². The molecule has 0 aromatic heterocycles. The zero-order valence-electron chi connectivity index (χ0n) is 10.4. The number of nitrogens with one attached hydrogen (secondary N) is 2. The Hall–Kier alpha value is -0.660. The van der Waals surface area contributed by atoms with Crippen LogP contribution in [-0.2, 0) is 15.0 Å². The first-order valence-corrected chi connectivity index (χ1v) is 7.35. The third-order valence-electron chi connectivity index (χ3n) is 2.52. The molecule has 0 radical (unpaired) electrons. The first-order valence-electron chi connectivity index (χ1n) is 5.87. The Bertz CT molecular complexity index is 316. The van der Waals surface area contributed by atoms with Gasteiger partial charge in [-0.2, -0.15) is 8.42 Å². The summed E-state index contributed by atoms with van der Waals surface area (Å²) in [5, 5.41) is 8.56. The summed E-state index contributed by atoms with van der Waals surface area (Å²) in [7, 11) is -3.38. The van der Waals surface area contributed by atoms with Crippen LogP contribution in [0.5, 0.6) is 0 Å². The van der Waals surface area contributed by atoms with Crippen LogP contribution in [0.3, 0.4) is 0 Å². The van der Waals surface area contributed by atoms with E-state index >= 15 is 0 Å². The minimum Gasteiger partial charge on any atom is -0.481 e. The van der Waals surface area contributed by atoms with E-state index < -0.39 is 16.2 Å². The summed E-state index contributed by atoms with van der Waals surface area (Å²) in [4.78, 5) is 10.4. The quantitative estimate of drug-likeness (QED) is 0.542. The van der Waals surface area contributed by atoms with Crippen molar-refractivity contribution in [1.82, 2.24) is 9.44 Å². The molecule has 0 amide bonds. The second-order valence-corrected chi connectivity index (χ2v) is 5.48. The van der Waals surface area contributed by atoms with Crippen molar-refractivity contribution in [2.75, 3.05) is 13.1 Å². The topological polar surface area (TPSA) is 95.5 Å². The van der Waals surface area contributed by atoms with Crippen LogP contribution in [0, 0.1) is 5.92 Å². The van der Waals surface area contributed by atoms with Crippen molar-refractivity contribution in [2.45, 2.75) is 39.5 Å². The zero-order chi connectivity index (χ0) is 13.3. The highest BCUT2D eigenvalue weighted by atomic mass is 32.2. The number of carbonyl (C=O) groups is 1. The molecule has 0 aliphatic carbocycles. The lowest BCUT2D eigenvalue weighted by molar-refractivity contribution is -0.137. The summed E-state index contributed by atoms with van der Waals surface area (Å²) < 4.78 is 27.3. The Morgan fingerprint density at radius 3 is 2.35 bits per heavy atom. The fourth-order valence-electron chi connectivity index (χ4n) is 1.52. The fraction of sp³-hybridized carbons (Fsp3) is 0.900. The molecule has 0 aliphatic heterocycles. The number of hydrogen-bond donors (Lipinski definition) is 3. The molecule has 0 aromatic carbocycles. The normalized spacial score (nSPS) is 13.5. The second-order valence-electron chi connectivity index (χ2n) is 3.89. The zero-order valence-corrected chi connectivity index (χ0v) is 11.2. The van der Waals surface area contributed by atoms with Gasteiger partial charge in [0, 0.05) is 19.5 Å². The molecular weight excluding hydrogens is 244 g/mol. The van der Waals surface area contributed by atoms with Gasteiger partial charge in [0.1, 0.15) is 0 Å². The molecule has 0 heterocycles. The summed E-state index contributed by atoms with van der Waals surface area (Å²) in [5.41, 5.74) is 0. The van der Waals surface area contributed by atoms with Gasteiger partial charge < -0.3 is 5.11 Å². The van der Waals surface area contributed by atoms with E-state index in [1.165, 1.54) is 0 Å². The molecule has 102 valence electrons. The predicted octanol–water partition coefficient (Wildman–Crippen LogP) is 0.711. The maximum Gasteiger partial charge on any atom is 0.303 e. The summed E-state index contributed by atoms with van der Waals surface area (Å²) in [6.45, 7) is 4.38. The highest BCUT2D eigenvalue weighted by Gasteiger charge is 2.11. The lowest BCUT2D eigenvalue weighted by Gasteiger charge is -2.14. The van der Waals surface area contributed by atoms with Crippen LogP contribution in [0.15, 0.2) is 0 Å². The molecule has 3 N–H and O–H groups in total. The van der Waals surface area contributed by atoms with E-state index in [1.54, 1.807) is 6.92 Å². The summed E-state index contributed by atoms with van der Waals surface area (Å²) in [6.07, 6.45) is 2.25. The van der Waals surface area contributed by atoms with Crippen molar-refractivity contribution in [1.29, 1.82) is 0 Å². The number of rotatable bonds is 10. The molecule has 1 atom stereocenters. The molecule has 0 saturated heterocycles. The first-order chi connectivity index (χ1) is 7.91. The molecule has 17 heavy (non-hydrogen) atoms. The standard InChI is InChI=1S/C10H22N2O4S/c1-3-9(5-6-10(13)14)7-8-12-17(15,16)11-4-2/h9,11-12H,3-8H2,1-2H3,(H,13,14). The summed E-state index contributed by atoms with van der Waals surface area (Å²) >= 11 is 0. The average molecular weight is 266 g/mol. The molecule has 0 aliphatic rings. The maximum atomic E-state index is 11.3. The van der Waals surface area contributed by atoms with Crippen molar-refractivity contribution in [3.8, 4) is 0 Å². The molecule has 6 nitrogen and oxygen atoms in total. The SMILES string of the molecule is CCNS(=O)(=O)NCCC(CC)CCC(=O)O. The van der Waals surface area contributed by atoms with Gasteiger partial charge in [0.25, 0.3) is 10.2 Å². The Kier molecular flexibility index (Phi) is 8.11. The van der Waals surface area contributed by atoms with Gasteiger partial charge in [0.15, 0.2) is 0 Å². The minimum absolute atomic E-state index is 0.137. The van der Waals surface area contributed by atoms with E-state index in [0.29, 0.717) is 25.9 Å². The summed E-state index contributed by atoms with van der Waals surface area (Å²) in [6, 6.07) is 0. The molecule has 0 aromatic rings. The van der Waals surface area contributed by atoms with Crippen LogP contribution in [-0.4, -0.2) is 32.6 Å². The van der Waals surface area contributed by atoms with Gasteiger partial charge >= 0.3 is 5.97 Å². The van der Waals surface area contributed by atoms with Gasteiger partial charge in [-0.3, -0.25) is 4.79 Å². The minimum atomic E-state index is -3.38. The van der Waals surface area contributed by atoms with Crippen molar-refractivity contribution >= 4 is 16.2 Å². The van der Waals surface area contributed by atoms with Gasteiger partial charge in [-0.1, -0.05) is 20.3 Å². The van der Waals surface area contributed by atoms with E-state index in [4.69, 9.17) is 5.11 Å². The lowest BCUT2D eigenvalue weighted by Crippen LogP contribution is -2.37.